The molecule has 0 aliphatic rings. The molecule has 0 aliphatic heterocycles. The molecule has 0 saturated heterocycles. The second-order valence-corrected chi connectivity index (χ2v) is 2.31. The van der Waals surface area contributed by atoms with E-state index in [9.17, 15) is 0 Å². The van der Waals surface area contributed by atoms with Gasteiger partial charge in [0, 0.05) is 0 Å². The second-order valence-electron chi connectivity index (χ2n) is 2.31. The normalized spacial score (nSPS) is 9.00. The molecule has 84 valence electrons. The molecule has 0 N–H and O–H groups in total. The summed E-state index contributed by atoms with van der Waals surface area (Å²) in [6.45, 7) is 13.8. The topological polar surface area (TPSA) is 0 Å². The van der Waals surface area contributed by atoms with Crippen LogP contribution < -0.4 is 0 Å². The first kappa shape index (κ1) is 16.1. The van der Waals surface area contributed by atoms with E-state index in [1.165, 1.54) is 11.1 Å². The minimum Gasteiger partial charge on any atom is -0.0985 e. The van der Waals surface area contributed by atoms with Gasteiger partial charge in [0.2, 0.25) is 0 Å². The average Bonchev–Trinajstić information content (AvgIpc) is 2.37. The zero-order valence-electron chi connectivity index (χ0n) is 10.7. The largest absolute Gasteiger partial charge is 0.0985 e. The van der Waals surface area contributed by atoms with Gasteiger partial charge < -0.3 is 0 Å². The molecule has 0 radical (unpaired) electrons. The molecule has 0 heterocycles. The van der Waals surface area contributed by atoms with Gasteiger partial charge in [0.1, 0.15) is 0 Å². The highest BCUT2D eigenvalue weighted by Crippen LogP contribution is 2.13. The molecule has 15 heavy (non-hydrogen) atoms. The molecule has 0 aromatic heterocycles. The first-order valence-corrected chi connectivity index (χ1v) is 5.72. The van der Waals surface area contributed by atoms with Crippen LogP contribution in [0.5, 0.6) is 0 Å². The minimum atomic E-state index is 1.19. The Hall–Kier alpha value is -1.30. The Morgan fingerprint density at radius 1 is 1.00 bits per heavy atom. The Balaban J connectivity index is 0. The quantitative estimate of drug-likeness (QED) is 0.571. The van der Waals surface area contributed by atoms with Crippen molar-refractivity contribution in [2.45, 2.75) is 34.6 Å². The molecule has 0 nitrogen and oxygen atoms in total. The minimum absolute atomic E-state index is 1.19. The maximum Gasteiger partial charge on any atom is -0.0188 e. The fraction of sp³-hybridized carbons (Fsp3) is 0.333. The van der Waals surface area contributed by atoms with E-state index in [4.69, 9.17) is 0 Å². The van der Waals surface area contributed by atoms with Gasteiger partial charge in [-0.25, -0.2) is 0 Å². The molecule has 0 unspecified atom stereocenters. The van der Waals surface area contributed by atoms with Crippen molar-refractivity contribution in [3.8, 4) is 0 Å². The van der Waals surface area contributed by atoms with Crippen molar-refractivity contribution in [2.24, 2.45) is 0 Å². The maximum atomic E-state index is 3.74. The molecule has 0 bridgehead atoms. The highest BCUT2D eigenvalue weighted by molar-refractivity contribution is 5.72. The molecular formula is C15H24. The molecule has 0 amide bonds. The third kappa shape index (κ3) is 6.73. The summed E-state index contributed by atoms with van der Waals surface area (Å²) in [5.74, 6) is 0. The van der Waals surface area contributed by atoms with Crippen LogP contribution in [0, 0.1) is 0 Å². The van der Waals surface area contributed by atoms with Crippen molar-refractivity contribution < 1.29 is 0 Å². The van der Waals surface area contributed by atoms with E-state index in [2.05, 4.69) is 24.8 Å². The van der Waals surface area contributed by atoms with Crippen molar-refractivity contribution >= 4 is 5.57 Å². The molecule has 1 rings (SSSR count). The van der Waals surface area contributed by atoms with E-state index < -0.39 is 0 Å². The summed E-state index contributed by atoms with van der Waals surface area (Å²) in [5.41, 5.74) is 2.41. The fourth-order valence-electron chi connectivity index (χ4n) is 1.03. The highest BCUT2D eigenvalue weighted by atomic mass is 14.0. The van der Waals surface area contributed by atoms with Crippen molar-refractivity contribution in [2.75, 3.05) is 0 Å². The van der Waals surface area contributed by atoms with Gasteiger partial charge in [-0.05, 0) is 18.1 Å². The summed E-state index contributed by atoms with van der Waals surface area (Å²) in [5, 5.41) is 0. The first-order valence-electron chi connectivity index (χ1n) is 5.72. The molecule has 0 atom stereocenters. The Labute approximate surface area is 95.3 Å². The smallest absolute Gasteiger partial charge is 0.0188 e. The average molecular weight is 204 g/mol. The zero-order valence-corrected chi connectivity index (χ0v) is 10.7. The lowest BCUT2D eigenvalue weighted by atomic mass is 10.1. The molecular weight excluding hydrogens is 180 g/mol. The molecule has 0 saturated carbocycles. The summed E-state index contributed by atoms with van der Waals surface area (Å²) in [7, 11) is 0. The monoisotopic (exact) mass is 204 g/mol. The van der Waals surface area contributed by atoms with Crippen LogP contribution in [-0.2, 0) is 0 Å². The third-order valence-corrected chi connectivity index (χ3v) is 1.64. The molecule has 0 aliphatic carbocycles. The van der Waals surface area contributed by atoms with Crippen LogP contribution in [0.25, 0.3) is 5.57 Å². The summed E-state index contributed by atoms with van der Waals surface area (Å²) >= 11 is 0. The van der Waals surface area contributed by atoms with Gasteiger partial charge in [0.05, 0.1) is 0 Å². The Morgan fingerprint density at radius 3 is 1.80 bits per heavy atom. The maximum absolute atomic E-state index is 3.74. The van der Waals surface area contributed by atoms with Crippen LogP contribution in [0.3, 0.4) is 0 Å². The zero-order chi connectivity index (χ0) is 12.1. The second kappa shape index (κ2) is 12.7. The number of rotatable bonds is 2. The summed E-state index contributed by atoms with van der Waals surface area (Å²) in [4.78, 5) is 0. The Kier molecular flexibility index (Phi) is 13.7. The van der Waals surface area contributed by atoms with Crippen LogP contribution in [0.15, 0.2) is 49.1 Å². The number of hydrogen-bond donors (Lipinski definition) is 0. The highest BCUT2D eigenvalue weighted by Gasteiger charge is 1.91. The molecule has 0 heteroatoms. The van der Waals surface area contributed by atoms with Crippen LogP contribution >= 0.6 is 0 Å². The summed E-state index contributed by atoms with van der Waals surface area (Å²) in [6, 6.07) is 10.2. The van der Waals surface area contributed by atoms with E-state index in [1.54, 1.807) is 0 Å². The first-order chi connectivity index (χ1) is 7.38. The third-order valence-electron chi connectivity index (χ3n) is 1.64. The Bertz CT molecular complexity index is 255. The lowest BCUT2D eigenvalue weighted by Crippen LogP contribution is -1.76. The number of benzene rings is 1. The van der Waals surface area contributed by atoms with Crippen molar-refractivity contribution in [1.29, 1.82) is 0 Å². The van der Waals surface area contributed by atoms with E-state index in [0.29, 0.717) is 0 Å². The number of allylic oxidation sites excluding steroid dienone is 3. The van der Waals surface area contributed by atoms with E-state index in [-0.39, 0.29) is 0 Å². The van der Waals surface area contributed by atoms with Crippen LogP contribution in [-0.4, -0.2) is 0 Å². The lowest BCUT2D eigenvalue weighted by Gasteiger charge is -1.98. The van der Waals surface area contributed by atoms with Gasteiger partial charge >= 0.3 is 0 Å². The standard InChI is InChI=1S/C11H12.2C2H6/c1-3-10(4-2)11-8-6-5-7-9-11;2*1-2/h3-9H,1H2,2H3;2*1-2H3/b10-4+;;. The van der Waals surface area contributed by atoms with Gasteiger partial charge in [-0.3, -0.25) is 0 Å². The van der Waals surface area contributed by atoms with Gasteiger partial charge in [-0.1, -0.05) is 76.8 Å². The van der Waals surface area contributed by atoms with Crippen molar-refractivity contribution in [3.05, 3.63) is 54.6 Å². The molecule has 1 aromatic carbocycles. The SMILES string of the molecule is C=C/C(=C\C)c1ccccc1.CC.CC. The van der Waals surface area contributed by atoms with E-state index in [1.807, 2.05) is 58.9 Å². The predicted molar refractivity (Wildman–Crippen MR) is 73.0 cm³/mol. The van der Waals surface area contributed by atoms with Gasteiger partial charge in [0.25, 0.3) is 0 Å². The van der Waals surface area contributed by atoms with Gasteiger partial charge in [0.15, 0.2) is 0 Å². The van der Waals surface area contributed by atoms with E-state index in [0.717, 1.165) is 0 Å². The van der Waals surface area contributed by atoms with Gasteiger partial charge in [-0.2, -0.15) is 0 Å². The van der Waals surface area contributed by atoms with Crippen LogP contribution in [0.2, 0.25) is 0 Å². The molecule has 0 spiro atoms. The van der Waals surface area contributed by atoms with Crippen molar-refractivity contribution in [1.82, 2.24) is 0 Å². The molecule has 0 fully saturated rings. The number of hydrogen-bond acceptors (Lipinski definition) is 0. The van der Waals surface area contributed by atoms with Crippen LogP contribution in [0.4, 0.5) is 0 Å². The lowest BCUT2D eigenvalue weighted by molar-refractivity contribution is 1.50. The van der Waals surface area contributed by atoms with Crippen molar-refractivity contribution in [3.63, 3.8) is 0 Å². The fourth-order valence-corrected chi connectivity index (χ4v) is 1.03. The van der Waals surface area contributed by atoms with E-state index >= 15 is 0 Å². The summed E-state index contributed by atoms with van der Waals surface area (Å²) in [6.07, 6.45) is 3.93. The molecule has 1 aromatic rings. The van der Waals surface area contributed by atoms with Crippen LogP contribution in [0.1, 0.15) is 40.2 Å². The van der Waals surface area contributed by atoms with Gasteiger partial charge in [-0.15, -0.1) is 0 Å². The summed E-state index contributed by atoms with van der Waals surface area (Å²) < 4.78 is 0. The predicted octanol–water partition coefficient (Wildman–Crippen LogP) is 5.33. The Morgan fingerprint density at radius 2 is 1.47 bits per heavy atom.